The standard InChI is InChI=1S/C22H16F2N2O4/c1-30-22(29)26-19-12-15(10-11-18(19)24)25-21(28)17-5-3-2-4-16(17)20(27)13-6-8-14(23)9-7-13/h2-12H,1H3,(H,25,28)(H,26,29). The third kappa shape index (κ3) is 4.67. The first-order valence-electron chi connectivity index (χ1n) is 8.74. The Bertz CT molecular complexity index is 1110. The summed E-state index contributed by atoms with van der Waals surface area (Å²) in [5, 5.41) is 4.76. The Morgan fingerprint density at radius 2 is 1.50 bits per heavy atom. The van der Waals surface area contributed by atoms with E-state index in [1.54, 1.807) is 12.1 Å². The van der Waals surface area contributed by atoms with Crippen molar-refractivity contribution in [3.8, 4) is 0 Å². The van der Waals surface area contributed by atoms with Crippen LogP contribution in [0.15, 0.2) is 66.7 Å². The van der Waals surface area contributed by atoms with Crippen molar-refractivity contribution in [2.75, 3.05) is 17.7 Å². The Morgan fingerprint density at radius 1 is 0.833 bits per heavy atom. The lowest BCUT2D eigenvalue weighted by Gasteiger charge is -2.11. The number of ether oxygens (including phenoxy) is 1. The lowest BCUT2D eigenvalue weighted by molar-refractivity contribution is 0.0996. The molecule has 6 nitrogen and oxygen atoms in total. The molecular weight excluding hydrogens is 394 g/mol. The van der Waals surface area contributed by atoms with Crippen LogP contribution in [0, 0.1) is 11.6 Å². The van der Waals surface area contributed by atoms with Gasteiger partial charge in [-0.3, -0.25) is 14.9 Å². The van der Waals surface area contributed by atoms with Crippen molar-refractivity contribution in [2.45, 2.75) is 0 Å². The van der Waals surface area contributed by atoms with Crippen molar-refractivity contribution >= 4 is 29.2 Å². The number of benzene rings is 3. The molecule has 3 aromatic carbocycles. The van der Waals surface area contributed by atoms with E-state index in [1.807, 2.05) is 0 Å². The molecule has 0 spiro atoms. The van der Waals surface area contributed by atoms with Gasteiger partial charge in [0.1, 0.15) is 11.6 Å². The highest BCUT2D eigenvalue weighted by molar-refractivity contribution is 6.17. The molecular formula is C22H16F2N2O4. The Kier molecular flexibility index (Phi) is 6.17. The highest BCUT2D eigenvalue weighted by Gasteiger charge is 2.19. The number of hydrogen-bond donors (Lipinski definition) is 2. The van der Waals surface area contributed by atoms with Crippen LogP contribution in [-0.2, 0) is 4.74 Å². The molecule has 0 radical (unpaired) electrons. The van der Waals surface area contributed by atoms with Gasteiger partial charge in [0.25, 0.3) is 5.91 Å². The first-order chi connectivity index (χ1) is 14.4. The molecule has 0 aliphatic rings. The van der Waals surface area contributed by atoms with E-state index in [9.17, 15) is 23.2 Å². The monoisotopic (exact) mass is 410 g/mol. The molecule has 152 valence electrons. The second-order valence-electron chi connectivity index (χ2n) is 6.15. The number of carbonyl (C=O) groups excluding carboxylic acids is 3. The molecule has 0 aliphatic carbocycles. The number of hydrogen-bond acceptors (Lipinski definition) is 4. The van der Waals surface area contributed by atoms with E-state index >= 15 is 0 Å². The third-order valence-corrected chi connectivity index (χ3v) is 4.17. The van der Waals surface area contributed by atoms with Gasteiger partial charge in [-0.25, -0.2) is 13.6 Å². The predicted octanol–water partition coefficient (Wildman–Crippen LogP) is 4.63. The maximum atomic E-state index is 13.9. The second kappa shape index (κ2) is 8.95. The number of rotatable bonds is 5. The lowest BCUT2D eigenvalue weighted by Crippen LogP contribution is -2.17. The third-order valence-electron chi connectivity index (χ3n) is 4.17. The fourth-order valence-electron chi connectivity index (χ4n) is 2.69. The molecule has 0 fully saturated rings. The van der Waals surface area contributed by atoms with Crippen molar-refractivity contribution in [3.63, 3.8) is 0 Å². The zero-order chi connectivity index (χ0) is 21.7. The summed E-state index contributed by atoms with van der Waals surface area (Å²) in [7, 11) is 1.13. The van der Waals surface area contributed by atoms with Gasteiger partial charge in [-0.2, -0.15) is 0 Å². The topological polar surface area (TPSA) is 84.5 Å². The number of nitrogens with one attached hydrogen (secondary N) is 2. The van der Waals surface area contributed by atoms with E-state index in [2.05, 4.69) is 15.4 Å². The Labute approximate surface area is 170 Å². The van der Waals surface area contributed by atoms with E-state index in [1.165, 1.54) is 36.4 Å². The van der Waals surface area contributed by atoms with Crippen LogP contribution >= 0.6 is 0 Å². The van der Waals surface area contributed by atoms with E-state index in [0.29, 0.717) is 0 Å². The molecule has 2 amide bonds. The molecule has 30 heavy (non-hydrogen) atoms. The molecule has 2 N–H and O–H groups in total. The maximum Gasteiger partial charge on any atom is 0.411 e. The number of halogens is 2. The summed E-state index contributed by atoms with van der Waals surface area (Å²) in [6, 6.07) is 14.7. The second-order valence-corrected chi connectivity index (χ2v) is 6.15. The number of amides is 2. The summed E-state index contributed by atoms with van der Waals surface area (Å²) >= 11 is 0. The Morgan fingerprint density at radius 3 is 2.17 bits per heavy atom. The summed E-state index contributed by atoms with van der Waals surface area (Å²) in [6.45, 7) is 0. The van der Waals surface area contributed by atoms with Crippen molar-refractivity contribution < 1.29 is 27.9 Å². The molecule has 0 heterocycles. The molecule has 0 unspecified atom stereocenters. The van der Waals surface area contributed by atoms with Gasteiger partial charge >= 0.3 is 6.09 Å². The normalized spacial score (nSPS) is 10.2. The summed E-state index contributed by atoms with van der Waals surface area (Å²) < 4.78 is 31.4. The quantitative estimate of drug-likeness (QED) is 0.601. The van der Waals surface area contributed by atoms with Crippen LogP contribution in [0.2, 0.25) is 0 Å². The van der Waals surface area contributed by atoms with Crippen molar-refractivity contribution in [1.29, 1.82) is 0 Å². The minimum Gasteiger partial charge on any atom is -0.453 e. The number of carbonyl (C=O) groups is 3. The summed E-state index contributed by atoms with van der Waals surface area (Å²) in [4.78, 5) is 36.9. The molecule has 0 saturated carbocycles. The van der Waals surface area contributed by atoms with Gasteiger partial charge in [-0.05, 0) is 48.5 Å². The molecule has 8 heteroatoms. The van der Waals surface area contributed by atoms with Crippen molar-refractivity contribution in [2.24, 2.45) is 0 Å². The fraction of sp³-hybridized carbons (Fsp3) is 0.0455. The molecule has 0 aliphatic heterocycles. The minimum atomic E-state index is -0.868. The summed E-state index contributed by atoms with van der Waals surface area (Å²) in [5.41, 5.74) is 0.436. The van der Waals surface area contributed by atoms with Crippen molar-refractivity contribution in [3.05, 3.63) is 95.1 Å². The molecule has 3 rings (SSSR count). The van der Waals surface area contributed by atoms with E-state index in [4.69, 9.17) is 0 Å². The van der Waals surface area contributed by atoms with Gasteiger partial charge < -0.3 is 10.1 Å². The van der Waals surface area contributed by atoms with Gasteiger partial charge in [0, 0.05) is 16.8 Å². The highest BCUT2D eigenvalue weighted by atomic mass is 19.1. The van der Waals surface area contributed by atoms with Crippen LogP contribution in [0.1, 0.15) is 26.3 Å². The molecule has 0 aromatic heterocycles. The zero-order valence-corrected chi connectivity index (χ0v) is 15.7. The first kappa shape index (κ1) is 20.7. The highest BCUT2D eigenvalue weighted by Crippen LogP contribution is 2.22. The van der Waals surface area contributed by atoms with Crippen LogP contribution in [0.3, 0.4) is 0 Å². The number of anilines is 2. The molecule has 0 atom stereocenters. The van der Waals surface area contributed by atoms with Crippen LogP contribution in [0.4, 0.5) is 25.0 Å². The van der Waals surface area contributed by atoms with Crippen LogP contribution in [0.5, 0.6) is 0 Å². The van der Waals surface area contributed by atoms with E-state index < -0.39 is 29.4 Å². The Hall–Kier alpha value is -4.07. The minimum absolute atomic E-state index is 0.0821. The smallest absolute Gasteiger partial charge is 0.411 e. The average Bonchev–Trinajstić information content (AvgIpc) is 2.76. The van der Waals surface area contributed by atoms with Gasteiger partial charge in [0.15, 0.2) is 5.78 Å². The predicted molar refractivity (Wildman–Crippen MR) is 107 cm³/mol. The first-order valence-corrected chi connectivity index (χ1v) is 8.74. The fourth-order valence-corrected chi connectivity index (χ4v) is 2.69. The number of methoxy groups -OCH3 is 1. The maximum absolute atomic E-state index is 13.9. The zero-order valence-electron chi connectivity index (χ0n) is 15.7. The largest absolute Gasteiger partial charge is 0.453 e. The van der Waals surface area contributed by atoms with Crippen LogP contribution in [0.25, 0.3) is 0 Å². The molecule has 0 bridgehead atoms. The van der Waals surface area contributed by atoms with Gasteiger partial charge in [-0.15, -0.1) is 0 Å². The average molecular weight is 410 g/mol. The van der Waals surface area contributed by atoms with Gasteiger partial charge in [0.05, 0.1) is 18.4 Å². The summed E-state index contributed by atoms with van der Waals surface area (Å²) in [6.07, 6.45) is -0.868. The molecule has 3 aromatic rings. The molecule has 0 saturated heterocycles. The van der Waals surface area contributed by atoms with E-state index in [0.717, 1.165) is 25.3 Å². The van der Waals surface area contributed by atoms with Crippen LogP contribution < -0.4 is 10.6 Å². The van der Waals surface area contributed by atoms with Crippen molar-refractivity contribution in [1.82, 2.24) is 0 Å². The van der Waals surface area contributed by atoms with Crippen LogP contribution in [-0.4, -0.2) is 24.9 Å². The summed E-state index contributed by atoms with van der Waals surface area (Å²) in [5.74, 6) is -2.26. The van der Waals surface area contributed by atoms with Gasteiger partial charge in [0.2, 0.25) is 0 Å². The van der Waals surface area contributed by atoms with E-state index in [-0.39, 0.29) is 28.1 Å². The SMILES string of the molecule is COC(=O)Nc1cc(NC(=O)c2ccccc2C(=O)c2ccc(F)cc2)ccc1F. The Balaban J connectivity index is 1.86. The lowest BCUT2D eigenvalue weighted by atomic mass is 9.98. The number of ketones is 1. The van der Waals surface area contributed by atoms with Gasteiger partial charge in [-0.1, -0.05) is 18.2 Å².